The lowest BCUT2D eigenvalue weighted by atomic mass is 10.1. The summed E-state index contributed by atoms with van der Waals surface area (Å²) in [5, 5.41) is 2.98. The smallest absolute Gasteiger partial charge is 0.255 e. The standard InChI is InChI=1S/C20H22N4O5/c1-26-15-6-11(7-16(27-2)18(15)28-3)14-9-22-19-17(24-14)13(8-21-19)20(25)23-12-4-5-29-10-12/h6-9,12H,4-5,10H2,1-3H3,(H,21,22)(H,23,25). The van der Waals surface area contributed by atoms with Crippen LogP contribution in [-0.4, -0.2) is 61.4 Å². The van der Waals surface area contributed by atoms with E-state index in [0.717, 1.165) is 12.0 Å². The number of nitrogens with zero attached hydrogens (tertiary/aromatic N) is 2. The molecular formula is C20H22N4O5. The normalized spacial score (nSPS) is 16.0. The monoisotopic (exact) mass is 398 g/mol. The van der Waals surface area contributed by atoms with Crippen LogP contribution in [0.3, 0.4) is 0 Å². The van der Waals surface area contributed by atoms with Crippen LogP contribution in [0.4, 0.5) is 0 Å². The molecule has 1 unspecified atom stereocenters. The first kappa shape index (κ1) is 19.0. The molecule has 152 valence electrons. The Labute approximate surface area is 167 Å². The van der Waals surface area contributed by atoms with Gasteiger partial charge in [0.25, 0.3) is 5.91 Å². The first-order valence-corrected chi connectivity index (χ1v) is 9.17. The summed E-state index contributed by atoms with van der Waals surface area (Å²) in [4.78, 5) is 24.8. The molecule has 1 amide bonds. The molecule has 1 aliphatic rings. The van der Waals surface area contributed by atoms with Crippen molar-refractivity contribution in [3.8, 4) is 28.5 Å². The van der Waals surface area contributed by atoms with Crippen LogP contribution in [0, 0.1) is 0 Å². The maximum atomic E-state index is 12.7. The molecule has 1 aliphatic heterocycles. The van der Waals surface area contributed by atoms with Crippen LogP contribution < -0.4 is 19.5 Å². The minimum atomic E-state index is -0.205. The Balaban J connectivity index is 1.73. The maximum absolute atomic E-state index is 12.7. The molecule has 1 saturated heterocycles. The summed E-state index contributed by atoms with van der Waals surface area (Å²) in [5.74, 6) is 1.31. The predicted molar refractivity (Wildman–Crippen MR) is 106 cm³/mol. The number of methoxy groups -OCH3 is 3. The number of carbonyl (C=O) groups is 1. The van der Waals surface area contributed by atoms with Crippen LogP contribution in [0.25, 0.3) is 22.4 Å². The van der Waals surface area contributed by atoms with Crippen LogP contribution in [-0.2, 0) is 4.74 Å². The fraction of sp³-hybridized carbons (Fsp3) is 0.350. The van der Waals surface area contributed by atoms with Crippen molar-refractivity contribution in [2.45, 2.75) is 12.5 Å². The maximum Gasteiger partial charge on any atom is 0.255 e. The Morgan fingerprint density at radius 1 is 1.21 bits per heavy atom. The number of carbonyl (C=O) groups excluding carboxylic acids is 1. The number of amides is 1. The van der Waals surface area contributed by atoms with Gasteiger partial charge in [0.1, 0.15) is 5.52 Å². The molecule has 2 N–H and O–H groups in total. The van der Waals surface area contributed by atoms with Crippen LogP contribution in [0.5, 0.6) is 17.2 Å². The lowest BCUT2D eigenvalue weighted by molar-refractivity contribution is 0.0931. The molecule has 0 saturated carbocycles. The Bertz CT molecular complexity index is 1020. The van der Waals surface area contributed by atoms with E-state index in [1.54, 1.807) is 45.9 Å². The number of H-pyrrole nitrogens is 1. The summed E-state index contributed by atoms with van der Waals surface area (Å²) in [5.41, 5.74) is 2.77. The molecule has 2 aromatic heterocycles. The Morgan fingerprint density at radius 2 is 1.97 bits per heavy atom. The predicted octanol–water partition coefficient (Wildman–Crippen LogP) is 2.17. The highest BCUT2D eigenvalue weighted by molar-refractivity contribution is 6.04. The Morgan fingerprint density at radius 3 is 2.59 bits per heavy atom. The highest BCUT2D eigenvalue weighted by Crippen LogP contribution is 2.40. The molecular weight excluding hydrogens is 376 g/mol. The van der Waals surface area contributed by atoms with Crippen LogP contribution >= 0.6 is 0 Å². The van der Waals surface area contributed by atoms with E-state index in [2.05, 4.69) is 20.3 Å². The lowest BCUT2D eigenvalue weighted by Gasteiger charge is -2.14. The van der Waals surface area contributed by atoms with E-state index in [1.807, 2.05) is 0 Å². The zero-order valence-corrected chi connectivity index (χ0v) is 16.4. The van der Waals surface area contributed by atoms with Crippen LogP contribution in [0.15, 0.2) is 24.5 Å². The van der Waals surface area contributed by atoms with E-state index in [9.17, 15) is 4.79 Å². The highest BCUT2D eigenvalue weighted by atomic mass is 16.5. The van der Waals surface area contributed by atoms with Crippen molar-refractivity contribution in [2.24, 2.45) is 0 Å². The number of fused-ring (bicyclic) bond motifs is 1. The molecule has 3 aromatic rings. The first-order chi connectivity index (χ1) is 14.1. The van der Waals surface area contributed by atoms with Gasteiger partial charge in [-0.15, -0.1) is 0 Å². The number of ether oxygens (including phenoxy) is 4. The molecule has 0 bridgehead atoms. The number of nitrogens with one attached hydrogen (secondary N) is 2. The van der Waals surface area contributed by atoms with E-state index in [0.29, 0.717) is 52.9 Å². The van der Waals surface area contributed by atoms with Crippen LogP contribution in [0.2, 0.25) is 0 Å². The number of benzene rings is 1. The average Bonchev–Trinajstić information content (AvgIpc) is 3.41. The molecule has 4 rings (SSSR count). The second-order valence-electron chi connectivity index (χ2n) is 6.60. The highest BCUT2D eigenvalue weighted by Gasteiger charge is 2.22. The number of rotatable bonds is 6. The van der Waals surface area contributed by atoms with Gasteiger partial charge in [-0.05, 0) is 18.6 Å². The van der Waals surface area contributed by atoms with Gasteiger partial charge in [-0.25, -0.2) is 9.97 Å². The molecule has 0 spiro atoms. The minimum absolute atomic E-state index is 0.0127. The van der Waals surface area contributed by atoms with Gasteiger partial charge in [0.05, 0.1) is 51.4 Å². The third kappa shape index (κ3) is 3.56. The number of hydrogen-bond donors (Lipinski definition) is 2. The molecule has 1 atom stereocenters. The zero-order valence-electron chi connectivity index (χ0n) is 16.4. The number of hydrogen-bond acceptors (Lipinski definition) is 7. The lowest BCUT2D eigenvalue weighted by Crippen LogP contribution is -2.34. The first-order valence-electron chi connectivity index (χ1n) is 9.17. The SMILES string of the molecule is COc1cc(-c2cnc3[nH]cc(C(=O)NC4CCOC4)c3n2)cc(OC)c1OC. The Kier molecular flexibility index (Phi) is 5.22. The molecule has 9 nitrogen and oxygen atoms in total. The van der Waals surface area contributed by atoms with Crippen molar-refractivity contribution in [3.05, 3.63) is 30.1 Å². The van der Waals surface area contributed by atoms with Crippen LogP contribution in [0.1, 0.15) is 16.8 Å². The van der Waals surface area contributed by atoms with Gasteiger partial charge in [-0.3, -0.25) is 4.79 Å². The molecule has 1 fully saturated rings. The van der Waals surface area contributed by atoms with Gasteiger partial charge < -0.3 is 29.2 Å². The molecule has 29 heavy (non-hydrogen) atoms. The quantitative estimate of drug-likeness (QED) is 0.655. The van der Waals surface area contributed by atoms with E-state index in [4.69, 9.17) is 18.9 Å². The van der Waals surface area contributed by atoms with Crippen molar-refractivity contribution in [1.29, 1.82) is 0 Å². The topological polar surface area (TPSA) is 108 Å². The third-order valence-corrected chi connectivity index (χ3v) is 4.85. The van der Waals surface area contributed by atoms with Gasteiger partial charge in [-0.2, -0.15) is 0 Å². The molecule has 3 heterocycles. The van der Waals surface area contributed by atoms with Crippen molar-refractivity contribution in [3.63, 3.8) is 0 Å². The van der Waals surface area contributed by atoms with E-state index >= 15 is 0 Å². The fourth-order valence-electron chi connectivity index (χ4n) is 3.34. The van der Waals surface area contributed by atoms with Crippen molar-refractivity contribution < 1.29 is 23.7 Å². The zero-order chi connectivity index (χ0) is 20.4. The second-order valence-corrected chi connectivity index (χ2v) is 6.60. The summed E-state index contributed by atoms with van der Waals surface area (Å²) in [6.07, 6.45) is 4.05. The van der Waals surface area contributed by atoms with E-state index in [-0.39, 0.29) is 11.9 Å². The second kappa shape index (κ2) is 7.96. The molecule has 0 radical (unpaired) electrons. The van der Waals surface area contributed by atoms with Crippen molar-refractivity contribution >= 4 is 17.1 Å². The van der Waals surface area contributed by atoms with Gasteiger partial charge in [0.15, 0.2) is 17.1 Å². The average molecular weight is 398 g/mol. The van der Waals surface area contributed by atoms with Gasteiger partial charge in [0.2, 0.25) is 5.75 Å². The summed E-state index contributed by atoms with van der Waals surface area (Å²) in [6.45, 7) is 1.18. The number of aromatic nitrogens is 3. The van der Waals surface area contributed by atoms with E-state index < -0.39 is 0 Å². The Hall–Kier alpha value is -3.33. The molecule has 9 heteroatoms. The van der Waals surface area contributed by atoms with Gasteiger partial charge >= 0.3 is 0 Å². The summed E-state index contributed by atoms with van der Waals surface area (Å²) in [7, 11) is 4.65. The summed E-state index contributed by atoms with van der Waals surface area (Å²) >= 11 is 0. The third-order valence-electron chi connectivity index (χ3n) is 4.85. The van der Waals surface area contributed by atoms with Crippen molar-refractivity contribution in [2.75, 3.05) is 34.5 Å². The largest absolute Gasteiger partial charge is 0.493 e. The number of aromatic amines is 1. The summed E-state index contributed by atoms with van der Waals surface area (Å²) < 4.78 is 21.5. The fourth-order valence-corrected chi connectivity index (χ4v) is 3.34. The van der Waals surface area contributed by atoms with Crippen molar-refractivity contribution in [1.82, 2.24) is 20.3 Å². The van der Waals surface area contributed by atoms with E-state index in [1.165, 1.54) is 0 Å². The molecule has 0 aliphatic carbocycles. The molecule has 1 aromatic carbocycles. The minimum Gasteiger partial charge on any atom is -0.493 e. The summed E-state index contributed by atoms with van der Waals surface area (Å²) in [6, 6.07) is 3.59. The van der Waals surface area contributed by atoms with Gasteiger partial charge in [-0.1, -0.05) is 0 Å². The van der Waals surface area contributed by atoms with Gasteiger partial charge in [0, 0.05) is 18.4 Å².